The Morgan fingerprint density at radius 1 is 1.26 bits per heavy atom. The van der Waals surface area contributed by atoms with Crippen LogP contribution in [0.25, 0.3) is 0 Å². The summed E-state index contributed by atoms with van der Waals surface area (Å²) in [5, 5.41) is 9.21. The highest BCUT2D eigenvalue weighted by Gasteiger charge is 2.29. The van der Waals surface area contributed by atoms with Crippen molar-refractivity contribution in [2.45, 2.75) is 52.0 Å². The van der Waals surface area contributed by atoms with E-state index >= 15 is 0 Å². The van der Waals surface area contributed by atoms with Crippen LogP contribution < -0.4 is 0 Å². The molecule has 0 saturated carbocycles. The number of carboxylic acids is 1. The number of nitrogens with zero attached hydrogens (tertiary/aromatic N) is 1. The first-order valence-corrected chi connectivity index (χ1v) is 8.58. The Kier molecular flexibility index (Phi) is 6.34. The Hall–Kier alpha value is -1.68. The zero-order valence-corrected chi connectivity index (χ0v) is 14.1. The summed E-state index contributed by atoms with van der Waals surface area (Å²) in [5.74, 6) is -1.42. The third kappa shape index (κ3) is 4.90. The second-order valence-electron chi connectivity index (χ2n) is 6.58. The van der Waals surface area contributed by atoms with Crippen LogP contribution in [0.4, 0.5) is 0 Å². The van der Waals surface area contributed by atoms with E-state index < -0.39 is 11.9 Å². The van der Waals surface area contributed by atoms with Crippen LogP contribution in [0.5, 0.6) is 0 Å². The number of hydrogen-bond acceptors (Lipinski definition) is 3. The molecule has 0 aromatic heterocycles. The molecule has 4 heteroatoms. The summed E-state index contributed by atoms with van der Waals surface area (Å²) in [5.41, 5.74) is 1.71. The molecule has 23 heavy (non-hydrogen) atoms. The summed E-state index contributed by atoms with van der Waals surface area (Å²) in [6, 6.07) is 7.90. The average Bonchev–Trinajstić information content (AvgIpc) is 2.54. The number of carboxylic acid groups (broad SMARTS) is 1. The van der Waals surface area contributed by atoms with Crippen molar-refractivity contribution in [2.24, 2.45) is 5.92 Å². The number of likely N-dealkylation sites (tertiary alicyclic amines) is 1. The van der Waals surface area contributed by atoms with Crippen LogP contribution in [0.2, 0.25) is 0 Å². The zero-order chi connectivity index (χ0) is 16.8. The second kappa shape index (κ2) is 8.25. The first-order chi connectivity index (χ1) is 11.0. The van der Waals surface area contributed by atoms with Crippen LogP contribution in [0.1, 0.15) is 54.9 Å². The molecule has 1 saturated heterocycles. The number of rotatable bonds is 7. The molecule has 126 valence electrons. The highest BCUT2D eigenvalue weighted by atomic mass is 16.4. The summed E-state index contributed by atoms with van der Waals surface area (Å²) >= 11 is 0. The lowest BCUT2D eigenvalue weighted by molar-refractivity contribution is -0.138. The van der Waals surface area contributed by atoms with E-state index in [0.717, 1.165) is 31.4 Å². The Balaban J connectivity index is 2.13. The molecule has 4 nitrogen and oxygen atoms in total. The molecule has 0 bridgehead atoms. The SMILES string of the molecule is CCC1CCCCN1CC(CC(=O)O)C(=O)c1ccc(C)cc1. The molecule has 1 aromatic rings. The van der Waals surface area contributed by atoms with Gasteiger partial charge in [0.1, 0.15) is 0 Å². The van der Waals surface area contributed by atoms with E-state index in [1.807, 2.05) is 19.1 Å². The van der Waals surface area contributed by atoms with Gasteiger partial charge in [-0.05, 0) is 32.7 Å². The van der Waals surface area contributed by atoms with Gasteiger partial charge < -0.3 is 5.11 Å². The molecule has 0 radical (unpaired) electrons. The van der Waals surface area contributed by atoms with Crippen LogP contribution in [-0.2, 0) is 4.79 Å². The molecule has 1 aliphatic rings. The standard InChI is InChI=1S/C19H27NO3/c1-3-17-6-4-5-11-20(17)13-16(12-18(21)22)19(23)15-9-7-14(2)8-10-15/h7-10,16-17H,3-6,11-13H2,1-2H3,(H,21,22). The topological polar surface area (TPSA) is 57.6 Å². The van der Waals surface area contributed by atoms with Gasteiger partial charge >= 0.3 is 5.97 Å². The van der Waals surface area contributed by atoms with E-state index in [1.165, 1.54) is 6.42 Å². The molecule has 0 aliphatic carbocycles. The molecular weight excluding hydrogens is 290 g/mol. The maximum atomic E-state index is 12.8. The molecule has 1 N–H and O–H groups in total. The normalized spacial score (nSPS) is 20.2. The molecule has 0 spiro atoms. The van der Waals surface area contributed by atoms with Crippen molar-refractivity contribution in [2.75, 3.05) is 13.1 Å². The van der Waals surface area contributed by atoms with Crippen molar-refractivity contribution in [3.63, 3.8) is 0 Å². The number of Topliss-reactive ketones (excluding diaryl/α,β-unsaturated/α-hetero) is 1. The fourth-order valence-electron chi connectivity index (χ4n) is 3.45. The summed E-state index contributed by atoms with van der Waals surface area (Å²) in [4.78, 5) is 26.3. The van der Waals surface area contributed by atoms with E-state index in [1.54, 1.807) is 12.1 Å². The highest BCUT2D eigenvalue weighted by molar-refractivity contribution is 5.99. The van der Waals surface area contributed by atoms with Gasteiger partial charge in [-0.3, -0.25) is 14.5 Å². The number of ketones is 1. The van der Waals surface area contributed by atoms with E-state index in [2.05, 4.69) is 11.8 Å². The molecule has 1 aliphatic heterocycles. The monoisotopic (exact) mass is 317 g/mol. The quantitative estimate of drug-likeness (QED) is 0.782. The number of hydrogen-bond donors (Lipinski definition) is 1. The van der Waals surface area contributed by atoms with Gasteiger partial charge in [-0.25, -0.2) is 0 Å². The summed E-state index contributed by atoms with van der Waals surface area (Å²) in [6.45, 7) is 5.66. The van der Waals surface area contributed by atoms with E-state index in [-0.39, 0.29) is 12.2 Å². The number of aryl methyl sites for hydroxylation is 1. The van der Waals surface area contributed by atoms with E-state index in [4.69, 9.17) is 0 Å². The van der Waals surface area contributed by atoms with Gasteiger partial charge in [-0.2, -0.15) is 0 Å². The number of carbonyl (C=O) groups is 2. The lowest BCUT2D eigenvalue weighted by Crippen LogP contribution is -2.43. The van der Waals surface area contributed by atoms with Crippen molar-refractivity contribution < 1.29 is 14.7 Å². The van der Waals surface area contributed by atoms with Crippen molar-refractivity contribution in [3.05, 3.63) is 35.4 Å². The predicted molar refractivity (Wildman–Crippen MR) is 90.8 cm³/mol. The van der Waals surface area contributed by atoms with Gasteiger partial charge in [-0.15, -0.1) is 0 Å². The zero-order valence-electron chi connectivity index (χ0n) is 14.1. The maximum Gasteiger partial charge on any atom is 0.304 e. The van der Waals surface area contributed by atoms with Crippen molar-refractivity contribution >= 4 is 11.8 Å². The van der Waals surface area contributed by atoms with Crippen LogP contribution in [0.3, 0.4) is 0 Å². The molecule has 1 fully saturated rings. The molecule has 2 atom stereocenters. The van der Waals surface area contributed by atoms with Gasteiger partial charge in [-0.1, -0.05) is 43.2 Å². The van der Waals surface area contributed by atoms with Gasteiger partial charge in [0.2, 0.25) is 0 Å². The molecule has 1 aromatic carbocycles. The van der Waals surface area contributed by atoms with Crippen molar-refractivity contribution in [1.29, 1.82) is 0 Å². The minimum Gasteiger partial charge on any atom is -0.481 e. The number of aliphatic carboxylic acids is 1. The lowest BCUT2D eigenvalue weighted by atomic mass is 9.91. The number of piperidine rings is 1. The first kappa shape index (κ1) is 17.7. The minimum atomic E-state index is -0.902. The van der Waals surface area contributed by atoms with Gasteiger partial charge in [0.05, 0.1) is 6.42 Å². The fraction of sp³-hybridized carbons (Fsp3) is 0.579. The van der Waals surface area contributed by atoms with E-state index in [0.29, 0.717) is 18.2 Å². The van der Waals surface area contributed by atoms with Gasteiger partial charge in [0.15, 0.2) is 5.78 Å². The molecular formula is C19H27NO3. The Labute approximate surface area is 138 Å². The molecule has 2 unspecified atom stereocenters. The van der Waals surface area contributed by atoms with Crippen molar-refractivity contribution in [1.82, 2.24) is 4.90 Å². The summed E-state index contributed by atoms with van der Waals surface area (Å²) in [7, 11) is 0. The summed E-state index contributed by atoms with van der Waals surface area (Å²) in [6.07, 6.45) is 4.46. The van der Waals surface area contributed by atoms with Crippen LogP contribution in [0.15, 0.2) is 24.3 Å². The lowest BCUT2D eigenvalue weighted by Gasteiger charge is -2.37. The van der Waals surface area contributed by atoms with Crippen molar-refractivity contribution in [3.8, 4) is 0 Å². The van der Waals surface area contributed by atoms with E-state index in [9.17, 15) is 14.7 Å². The fourth-order valence-corrected chi connectivity index (χ4v) is 3.45. The first-order valence-electron chi connectivity index (χ1n) is 8.58. The van der Waals surface area contributed by atoms with Crippen LogP contribution in [0, 0.1) is 12.8 Å². The number of benzene rings is 1. The number of carbonyl (C=O) groups excluding carboxylic acids is 1. The molecule has 0 amide bonds. The Bertz CT molecular complexity index is 538. The predicted octanol–water partition coefficient (Wildman–Crippen LogP) is 3.53. The molecule has 2 rings (SSSR count). The maximum absolute atomic E-state index is 12.8. The van der Waals surface area contributed by atoms with Crippen LogP contribution in [-0.4, -0.2) is 40.9 Å². The third-order valence-corrected chi connectivity index (χ3v) is 4.80. The summed E-state index contributed by atoms with van der Waals surface area (Å²) < 4.78 is 0. The smallest absolute Gasteiger partial charge is 0.304 e. The Morgan fingerprint density at radius 2 is 1.96 bits per heavy atom. The third-order valence-electron chi connectivity index (χ3n) is 4.80. The largest absolute Gasteiger partial charge is 0.481 e. The highest BCUT2D eigenvalue weighted by Crippen LogP contribution is 2.23. The average molecular weight is 317 g/mol. The van der Waals surface area contributed by atoms with Gasteiger partial charge in [0.25, 0.3) is 0 Å². The van der Waals surface area contributed by atoms with Gasteiger partial charge in [0, 0.05) is 24.1 Å². The second-order valence-corrected chi connectivity index (χ2v) is 6.58. The van der Waals surface area contributed by atoms with Crippen LogP contribution >= 0.6 is 0 Å². The minimum absolute atomic E-state index is 0.0483. The molecule has 1 heterocycles. The Morgan fingerprint density at radius 3 is 2.57 bits per heavy atom.